The number of halogens is 2. The van der Waals surface area contributed by atoms with Crippen LogP contribution in [0.3, 0.4) is 0 Å². The number of hydrogen-bond acceptors (Lipinski definition) is 1. The number of amides is 1. The second-order valence-corrected chi connectivity index (χ2v) is 7.63. The summed E-state index contributed by atoms with van der Waals surface area (Å²) >= 11 is 3.42. The van der Waals surface area contributed by atoms with Crippen LogP contribution in [0, 0.1) is 5.82 Å². The van der Waals surface area contributed by atoms with Crippen molar-refractivity contribution in [2.45, 2.75) is 38.4 Å². The van der Waals surface area contributed by atoms with E-state index in [2.05, 4.69) is 21.2 Å². The summed E-state index contributed by atoms with van der Waals surface area (Å²) in [5.41, 5.74) is 1.75. The third-order valence-electron chi connectivity index (χ3n) is 4.67. The van der Waals surface area contributed by atoms with E-state index in [0.717, 1.165) is 27.8 Å². The molecule has 0 radical (unpaired) electrons. The third kappa shape index (κ3) is 5.13. The minimum absolute atomic E-state index is 0.00802. The van der Waals surface area contributed by atoms with Crippen molar-refractivity contribution in [1.29, 1.82) is 0 Å². The number of rotatable bonds is 7. The molecule has 1 unspecified atom stereocenters. The highest BCUT2D eigenvalue weighted by Crippen LogP contribution is 2.17. The fourth-order valence-corrected chi connectivity index (χ4v) is 3.33. The Morgan fingerprint density at radius 3 is 2.56 bits per heavy atom. The average Bonchev–Trinajstić information content (AvgIpc) is 3.41. The third-order valence-corrected chi connectivity index (χ3v) is 5.19. The molecule has 0 bridgehead atoms. The van der Waals surface area contributed by atoms with Gasteiger partial charge in [0, 0.05) is 22.9 Å². The van der Waals surface area contributed by atoms with Gasteiger partial charge in [0.25, 0.3) is 5.91 Å². The zero-order valence-electron chi connectivity index (χ0n) is 14.3. The molecule has 5 heteroatoms. The molecule has 132 valence electrons. The number of hydrogen-bond donors (Lipinski definition) is 2. The van der Waals surface area contributed by atoms with Crippen LogP contribution in [0.4, 0.5) is 4.39 Å². The first-order valence-corrected chi connectivity index (χ1v) is 9.45. The highest BCUT2D eigenvalue weighted by atomic mass is 79.9. The summed E-state index contributed by atoms with van der Waals surface area (Å²) in [4.78, 5) is 13.6. The lowest BCUT2D eigenvalue weighted by Gasteiger charge is -2.21. The standard InChI is InChI=1S/C20H22BrFN2O/c1-14(15-6-8-17(21)9-7-15)23-20(25)13-24(18-10-11-18)12-16-4-2-3-5-19(16)22/h2-9,14,18H,10-13H2,1H3,(H,23,25)/p+1/t14-/m0/s1. The van der Waals surface area contributed by atoms with Crippen molar-refractivity contribution < 1.29 is 14.1 Å². The molecule has 2 aromatic rings. The second kappa shape index (κ2) is 8.11. The van der Waals surface area contributed by atoms with Gasteiger partial charge in [0.15, 0.2) is 6.54 Å². The van der Waals surface area contributed by atoms with Gasteiger partial charge in [-0.15, -0.1) is 0 Å². The molecule has 2 atom stereocenters. The number of carbonyl (C=O) groups is 1. The zero-order valence-corrected chi connectivity index (χ0v) is 15.9. The van der Waals surface area contributed by atoms with Crippen LogP contribution in [0.1, 0.15) is 36.9 Å². The first kappa shape index (κ1) is 18.1. The van der Waals surface area contributed by atoms with Gasteiger partial charge in [0.05, 0.1) is 12.1 Å². The highest BCUT2D eigenvalue weighted by molar-refractivity contribution is 9.10. The molecule has 3 rings (SSSR count). The Hall–Kier alpha value is -1.72. The second-order valence-electron chi connectivity index (χ2n) is 6.72. The van der Waals surface area contributed by atoms with Crippen molar-refractivity contribution in [3.8, 4) is 0 Å². The maximum atomic E-state index is 13.9. The van der Waals surface area contributed by atoms with Gasteiger partial charge < -0.3 is 10.2 Å². The molecule has 3 nitrogen and oxygen atoms in total. The summed E-state index contributed by atoms with van der Waals surface area (Å²) in [6, 6.07) is 15.2. The molecule has 25 heavy (non-hydrogen) atoms. The van der Waals surface area contributed by atoms with E-state index >= 15 is 0 Å². The Morgan fingerprint density at radius 2 is 1.92 bits per heavy atom. The molecule has 0 saturated heterocycles. The van der Waals surface area contributed by atoms with Gasteiger partial charge >= 0.3 is 0 Å². The first-order valence-electron chi connectivity index (χ1n) is 8.65. The van der Waals surface area contributed by atoms with E-state index in [1.165, 1.54) is 6.07 Å². The van der Waals surface area contributed by atoms with Crippen LogP contribution < -0.4 is 10.2 Å². The van der Waals surface area contributed by atoms with Crippen LogP contribution in [0.25, 0.3) is 0 Å². The predicted octanol–water partition coefficient (Wildman–Crippen LogP) is 3.01. The molecule has 1 aliphatic carbocycles. The van der Waals surface area contributed by atoms with Gasteiger partial charge in [-0.1, -0.05) is 46.3 Å². The van der Waals surface area contributed by atoms with E-state index < -0.39 is 0 Å². The van der Waals surface area contributed by atoms with E-state index in [1.54, 1.807) is 12.1 Å². The monoisotopic (exact) mass is 405 g/mol. The van der Waals surface area contributed by atoms with Gasteiger partial charge in [-0.25, -0.2) is 4.39 Å². The van der Waals surface area contributed by atoms with E-state index in [1.807, 2.05) is 37.3 Å². The summed E-state index contributed by atoms with van der Waals surface area (Å²) in [7, 11) is 0. The van der Waals surface area contributed by atoms with E-state index in [0.29, 0.717) is 24.7 Å². The maximum Gasteiger partial charge on any atom is 0.275 e. The van der Waals surface area contributed by atoms with E-state index in [9.17, 15) is 9.18 Å². The molecule has 1 amide bonds. The Balaban J connectivity index is 1.59. The maximum absolute atomic E-state index is 13.9. The van der Waals surface area contributed by atoms with Crippen molar-refractivity contribution in [2.75, 3.05) is 6.54 Å². The molecule has 1 aliphatic rings. The van der Waals surface area contributed by atoms with Crippen molar-refractivity contribution in [2.24, 2.45) is 0 Å². The normalized spacial score (nSPS) is 16.3. The van der Waals surface area contributed by atoms with Crippen molar-refractivity contribution in [3.05, 3.63) is 69.9 Å². The minimum Gasteiger partial charge on any atom is -0.345 e. The molecule has 1 saturated carbocycles. The minimum atomic E-state index is -0.190. The van der Waals surface area contributed by atoms with Crippen LogP contribution in [-0.4, -0.2) is 18.5 Å². The molecule has 0 aromatic heterocycles. The summed E-state index contributed by atoms with van der Waals surface area (Å²) in [5, 5.41) is 3.06. The molecule has 2 aromatic carbocycles. The van der Waals surface area contributed by atoms with Crippen LogP contribution in [0.5, 0.6) is 0 Å². The fraction of sp³-hybridized carbons (Fsp3) is 0.350. The predicted molar refractivity (Wildman–Crippen MR) is 99.7 cm³/mol. The van der Waals surface area contributed by atoms with E-state index in [-0.39, 0.29) is 17.8 Å². The Kier molecular flexibility index (Phi) is 5.86. The van der Waals surface area contributed by atoms with Crippen molar-refractivity contribution >= 4 is 21.8 Å². The Labute approximate surface area is 156 Å². The topological polar surface area (TPSA) is 33.5 Å². The molecule has 0 aliphatic heterocycles. The average molecular weight is 406 g/mol. The van der Waals surface area contributed by atoms with Crippen LogP contribution in [0.2, 0.25) is 0 Å². The van der Waals surface area contributed by atoms with Gasteiger partial charge in [-0.05, 0) is 30.7 Å². The number of nitrogens with one attached hydrogen (secondary N) is 2. The lowest BCUT2D eigenvalue weighted by Crippen LogP contribution is -3.13. The Bertz CT molecular complexity index is 731. The highest BCUT2D eigenvalue weighted by Gasteiger charge is 2.35. The fourth-order valence-electron chi connectivity index (χ4n) is 3.06. The summed E-state index contributed by atoms with van der Waals surface area (Å²) in [6.45, 7) is 2.91. The van der Waals surface area contributed by atoms with E-state index in [4.69, 9.17) is 0 Å². The zero-order chi connectivity index (χ0) is 17.8. The first-order chi connectivity index (χ1) is 12.0. The number of quaternary nitrogens is 1. The lowest BCUT2D eigenvalue weighted by atomic mass is 10.1. The quantitative estimate of drug-likeness (QED) is 0.729. The molecular weight excluding hydrogens is 383 g/mol. The lowest BCUT2D eigenvalue weighted by molar-refractivity contribution is -0.917. The van der Waals surface area contributed by atoms with Gasteiger partial charge in [-0.3, -0.25) is 4.79 Å². The molecule has 2 N–H and O–H groups in total. The van der Waals surface area contributed by atoms with Crippen LogP contribution in [0.15, 0.2) is 53.0 Å². The smallest absolute Gasteiger partial charge is 0.275 e. The molecular formula is C20H23BrFN2O+. The SMILES string of the molecule is C[C@H](NC(=O)C[NH+](Cc1ccccc1F)C1CC1)c1ccc(Br)cc1. The summed E-state index contributed by atoms with van der Waals surface area (Å²) in [6.07, 6.45) is 2.22. The van der Waals surface area contributed by atoms with Crippen molar-refractivity contribution in [1.82, 2.24) is 5.32 Å². The summed E-state index contributed by atoms with van der Waals surface area (Å²) in [5.74, 6) is -0.182. The number of carbonyl (C=O) groups excluding carboxylic acids is 1. The van der Waals surface area contributed by atoms with Gasteiger partial charge in [0.1, 0.15) is 12.4 Å². The van der Waals surface area contributed by atoms with Crippen LogP contribution >= 0.6 is 15.9 Å². The van der Waals surface area contributed by atoms with Crippen molar-refractivity contribution in [3.63, 3.8) is 0 Å². The number of benzene rings is 2. The largest absolute Gasteiger partial charge is 0.345 e. The van der Waals surface area contributed by atoms with Gasteiger partial charge in [0.2, 0.25) is 0 Å². The molecule has 1 fully saturated rings. The Morgan fingerprint density at radius 1 is 1.24 bits per heavy atom. The molecule has 0 heterocycles. The summed E-state index contributed by atoms with van der Waals surface area (Å²) < 4.78 is 14.9. The van der Waals surface area contributed by atoms with Crippen LogP contribution in [-0.2, 0) is 11.3 Å². The molecule has 0 spiro atoms. The van der Waals surface area contributed by atoms with Gasteiger partial charge in [-0.2, -0.15) is 0 Å².